The number of halogens is 2. The molecule has 1 aliphatic heterocycles. The Bertz CT molecular complexity index is 1290. The lowest BCUT2D eigenvalue weighted by molar-refractivity contribution is 0.135. The second-order valence-corrected chi connectivity index (χ2v) is 8.21. The number of nitrogens with one attached hydrogen (secondary N) is 1. The predicted octanol–water partition coefficient (Wildman–Crippen LogP) is 5.60. The van der Waals surface area contributed by atoms with Crippen LogP contribution in [-0.4, -0.2) is 27.6 Å². The molecule has 5 nitrogen and oxygen atoms in total. The minimum Gasteiger partial charge on any atom is -0.410 e. The van der Waals surface area contributed by atoms with Crippen molar-refractivity contribution in [3.63, 3.8) is 0 Å². The number of hydrogen-bond acceptors (Lipinski definition) is 3. The summed E-state index contributed by atoms with van der Waals surface area (Å²) in [5.41, 5.74) is 4.64. The number of hydrogen-bond donors (Lipinski definition) is 2. The molecule has 0 spiro atoms. The number of amides is 1. The number of benzene rings is 3. The highest BCUT2D eigenvalue weighted by Crippen LogP contribution is 2.39. The largest absolute Gasteiger partial charge is 0.416 e. The Morgan fingerprint density at radius 2 is 1.88 bits per heavy atom. The molecule has 1 atom stereocenters. The monoisotopic (exact) mass is 450 g/mol. The van der Waals surface area contributed by atoms with E-state index in [4.69, 9.17) is 16.3 Å². The van der Waals surface area contributed by atoms with E-state index in [1.165, 1.54) is 24.3 Å². The van der Waals surface area contributed by atoms with Gasteiger partial charge in [0.2, 0.25) is 0 Å². The van der Waals surface area contributed by atoms with E-state index < -0.39 is 18.0 Å². The number of H-pyrrole nitrogens is 1. The lowest BCUT2D eigenvalue weighted by atomic mass is 9.92. The summed E-state index contributed by atoms with van der Waals surface area (Å²) in [5, 5.41) is 11.1. The van der Waals surface area contributed by atoms with Gasteiger partial charge in [-0.15, -0.1) is 0 Å². The summed E-state index contributed by atoms with van der Waals surface area (Å²) in [6.07, 6.45) is 0.120. The molecule has 1 amide bonds. The molecule has 1 aliphatic rings. The predicted molar refractivity (Wildman–Crippen MR) is 120 cm³/mol. The molecule has 162 valence electrons. The van der Waals surface area contributed by atoms with Crippen molar-refractivity contribution in [2.45, 2.75) is 19.1 Å². The Hall–Kier alpha value is -3.35. The average molecular weight is 451 g/mol. The molecular weight excluding hydrogens is 431 g/mol. The summed E-state index contributed by atoms with van der Waals surface area (Å²) >= 11 is 6.24. The van der Waals surface area contributed by atoms with Crippen molar-refractivity contribution in [3.05, 3.63) is 100.0 Å². The number of ether oxygens (including phenoxy) is 1. The van der Waals surface area contributed by atoms with Crippen molar-refractivity contribution < 1.29 is 19.0 Å². The fraction of sp³-hybridized carbons (Fsp3) is 0.160. The number of aliphatic hydroxyl groups excluding tert-OH is 1. The van der Waals surface area contributed by atoms with Gasteiger partial charge in [0.15, 0.2) is 0 Å². The van der Waals surface area contributed by atoms with Gasteiger partial charge in [-0.1, -0.05) is 35.9 Å². The number of carbonyl (C=O) groups is 1. The SMILES string of the molecule is O=C(Oc1ccc(F)cc1)N1CCc2c([nH]c3ccc(Cl)cc23)C1c1ccc(CO)cc1. The van der Waals surface area contributed by atoms with Crippen LogP contribution in [0.15, 0.2) is 66.7 Å². The molecule has 0 saturated heterocycles. The maximum atomic E-state index is 13.2. The Balaban J connectivity index is 1.57. The third-order valence-corrected chi connectivity index (χ3v) is 6.06. The highest BCUT2D eigenvalue weighted by atomic mass is 35.5. The quantitative estimate of drug-likeness (QED) is 0.427. The van der Waals surface area contributed by atoms with Gasteiger partial charge < -0.3 is 14.8 Å². The molecule has 7 heteroatoms. The molecule has 5 rings (SSSR count). The van der Waals surface area contributed by atoms with E-state index in [1.807, 2.05) is 42.5 Å². The lowest BCUT2D eigenvalue weighted by Gasteiger charge is -2.35. The second kappa shape index (κ2) is 8.30. The zero-order chi connectivity index (χ0) is 22.2. The van der Waals surface area contributed by atoms with Gasteiger partial charge >= 0.3 is 6.09 Å². The topological polar surface area (TPSA) is 65.6 Å². The summed E-state index contributed by atoms with van der Waals surface area (Å²) in [4.78, 5) is 18.3. The zero-order valence-electron chi connectivity index (χ0n) is 17.0. The van der Waals surface area contributed by atoms with Crippen LogP contribution in [-0.2, 0) is 13.0 Å². The van der Waals surface area contributed by atoms with Crippen molar-refractivity contribution in [2.24, 2.45) is 0 Å². The molecule has 1 unspecified atom stereocenters. The Labute approximate surface area is 189 Å². The van der Waals surface area contributed by atoms with E-state index in [-0.39, 0.29) is 12.4 Å². The fourth-order valence-electron chi connectivity index (χ4n) is 4.27. The van der Waals surface area contributed by atoms with Crippen LogP contribution in [0.5, 0.6) is 5.75 Å². The third kappa shape index (κ3) is 3.72. The highest BCUT2D eigenvalue weighted by Gasteiger charge is 2.35. The van der Waals surface area contributed by atoms with Crippen LogP contribution >= 0.6 is 11.6 Å². The van der Waals surface area contributed by atoms with Crippen LogP contribution in [0.2, 0.25) is 5.02 Å². The molecule has 0 saturated carbocycles. The third-order valence-electron chi connectivity index (χ3n) is 5.82. The maximum Gasteiger partial charge on any atom is 0.416 e. The van der Waals surface area contributed by atoms with Gasteiger partial charge in [0.05, 0.1) is 6.61 Å². The normalized spacial score (nSPS) is 15.6. The minimum atomic E-state index is -0.518. The van der Waals surface area contributed by atoms with Gasteiger partial charge in [0, 0.05) is 28.2 Å². The van der Waals surface area contributed by atoms with Gasteiger partial charge in [-0.3, -0.25) is 4.90 Å². The van der Waals surface area contributed by atoms with Gasteiger partial charge in [-0.05, 0) is 65.6 Å². The lowest BCUT2D eigenvalue weighted by Crippen LogP contribution is -2.42. The standard InChI is InChI=1S/C25H20ClFN2O3/c26-17-5-10-22-21(13-17)20-11-12-29(25(31)32-19-8-6-18(27)7-9-19)24(23(20)28-22)16-3-1-15(14-30)2-4-16/h1-10,13,24,28,30H,11-12,14H2. The smallest absolute Gasteiger partial charge is 0.410 e. The van der Waals surface area contributed by atoms with Gasteiger partial charge in [0.25, 0.3) is 0 Å². The molecular formula is C25H20ClFN2O3. The zero-order valence-corrected chi connectivity index (χ0v) is 17.8. The van der Waals surface area contributed by atoms with Crippen molar-refractivity contribution in [1.82, 2.24) is 9.88 Å². The van der Waals surface area contributed by atoms with Crippen LogP contribution in [0.1, 0.15) is 28.4 Å². The van der Waals surface area contributed by atoms with Crippen molar-refractivity contribution in [2.75, 3.05) is 6.54 Å². The number of nitrogens with zero attached hydrogens (tertiary/aromatic N) is 1. The molecule has 2 N–H and O–H groups in total. The second-order valence-electron chi connectivity index (χ2n) is 7.77. The first-order chi connectivity index (χ1) is 15.5. The molecule has 3 aromatic carbocycles. The highest BCUT2D eigenvalue weighted by molar-refractivity contribution is 6.31. The van der Waals surface area contributed by atoms with Crippen LogP contribution in [0.25, 0.3) is 10.9 Å². The number of aromatic nitrogens is 1. The van der Waals surface area contributed by atoms with Crippen LogP contribution in [0, 0.1) is 5.82 Å². The molecule has 0 fully saturated rings. The van der Waals surface area contributed by atoms with Gasteiger partial charge in [-0.25, -0.2) is 9.18 Å². The minimum absolute atomic E-state index is 0.0581. The number of rotatable bonds is 3. The molecule has 0 bridgehead atoms. The number of fused-ring (bicyclic) bond motifs is 3. The molecule has 4 aromatic rings. The van der Waals surface area contributed by atoms with E-state index in [9.17, 15) is 14.3 Å². The van der Waals surface area contributed by atoms with Crippen molar-refractivity contribution in [1.29, 1.82) is 0 Å². The summed E-state index contributed by atoms with van der Waals surface area (Å²) < 4.78 is 18.8. The van der Waals surface area contributed by atoms with E-state index >= 15 is 0 Å². The average Bonchev–Trinajstić information content (AvgIpc) is 3.18. The number of aromatic amines is 1. The van der Waals surface area contributed by atoms with Crippen molar-refractivity contribution >= 4 is 28.6 Å². The Kier molecular flexibility index (Phi) is 5.33. The molecule has 0 aliphatic carbocycles. The Morgan fingerprint density at radius 1 is 1.12 bits per heavy atom. The first-order valence-electron chi connectivity index (χ1n) is 10.3. The first kappa shape index (κ1) is 20.5. The molecule has 1 aromatic heterocycles. The summed E-state index contributed by atoms with van der Waals surface area (Å²) in [6.45, 7) is 0.385. The van der Waals surface area contributed by atoms with Crippen LogP contribution in [0.4, 0.5) is 9.18 Å². The number of carbonyl (C=O) groups excluding carboxylic acids is 1. The van der Waals surface area contributed by atoms with E-state index in [1.54, 1.807) is 4.90 Å². The fourth-order valence-corrected chi connectivity index (χ4v) is 4.44. The van der Waals surface area contributed by atoms with Gasteiger partial charge in [-0.2, -0.15) is 0 Å². The van der Waals surface area contributed by atoms with Crippen molar-refractivity contribution in [3.8, 4) is 5.75 Å². The van der Waals surface area contributed by atoms with E-state index in [0.29, 0.717) is 18.0 Å². The van der Waals surface area contributed by atoms with Crippen LogP contribution in [0.3, 0.4) is 0 Å². The molecule has 0 radical (unpaired) electrons. The van der Waals surface area contributed by atoms with E-state index in [2.05, 4.69) is 4.98 Å². The molecule has 2 heterocycles. The molecule has 32 heavy (non-hydrogen) atoms. The van der Waals surface area contributed by atoms with Crippen LogP contribution < -0.4 is 4.74 Å². The Morgan fingerprint density at radius 3 is 2.59 bits per heavy atom. The van der Waals surface area contributed by atoms with Gasteiger partial charge in [0.1, 0.15) is 17.6 Å². The number of aliphatic hydroxyl groups is 1. The van der Waals surface area contributed by atoms with E-state index in [0.717, 1.165) is 33.3 Å². The summed E-state index contributed by atoms with van der Waals surface area (Å²) in [6, 6.07) is 18.1. The summed E-state index contributed by atoms with van der Waals surface area (Å²) in [7, 11) is 0. The maximum absolute atomic E-state index is 13.2. The first-order valence-corrected chi connectivity index (χ1v) is 10.6. The summed E-state index contributed by atoms with van der Waals surface area (Å²) in [5.74, 6) is -0.119.